The molecule has 44 valence electrons. The van der Waals surface area contributed by atoms with E-state index < -0.39 is 5.72 Å². The van der Waals surface area contributed by atoms with Gasteiger partial charge in [0.05, 0.1) is 6.34 Å². The van der Waals surface area contributed by atoms with Crippen LogP contribution in [0.1, 0.15) is 6.92 Å². The van der Waals surface area contributed by atoms with Crippen molar-refractivity contribution in [1.82, 2.24) is 5.32 Å². The first-order valence-corrected chi connectivity index (χ1v) is 2.40. The van der Waals surface area contributed by atoms with Gasteiger partial charge >= 0.3 is 0 Å². The Morgan fingerprint density at radius 3 is 2.75 bits per heavy atom. The Bertz CT molecular complexity index is 123. The average molecular weight is 112 g/mol. The summed E-state index contributed by atoms with van der Waals surface area (Å²) in [5, 5.41) is 11.8. The fourth-order valence-electron chi connectivity index (χ4n) is 0.460. The lowest BCUT2D eigenvalue weighted by molar-refractivity contribution is 0.121. The van der Waals surface area contributed by atoms with E-state index in [1.54, 1.807) is 19.2 Å². The van der Waals surface area contributed by atoms with Crippen molar-refractivity contribution < 1.29 is 5.11 Å². The van der Waals surface area contributed by atoms with E-state index in [4.69, 9.17) is 5.11 Å². The van der Waals surface area contributed by atoms with Crippen LogP contribution in [0, 0.1) is 0 Å². The molecule has 1 aliphatic heterocycles. The van der Waals surface area contributed by atoms with E-state index >= 15 is 0 Å². The van der Waals surface area contributed by atoms with Crippen molar-refractivity contribution in [1.29, 1.82) is 0 Å². The van der Waals surface area contributed by atoms with Gasteiger partial charge < -0.3 is 10.4 Å². The van der Waals surface area contributed by atoms with Crippen LogP contribution >= 0.6 is 0 Å². The fourth-order valence-corrected chi connectivity index (χ4v) is 0.460. The van der Waals surface area contributed by atoms with Crippen molar-refractivity contribution in [2.75, 3.05) is 0 Å². The molecule has 1 heterocycles. The van der Waals surface area contributed by atoms with E-state index in [1.807, 2.05) is 0 Å². The number of nitrogens with zero attached hydrogens (tertiary/aromatic N) is 1. The van der Waals surface area contributed by atoms with Crippen molar-refractivity contribution >= 4 is 6.34 Å². The van der Waals surface area contributed by atoms with Crippen LogP contribution in [0.25, 0.3) is 0 Å². The summed E-state index contributed by atoms with van der Waals surface area (Å²) < 4.78 is 0. The molecule has 1 atom stereocenters. The standard InChI is InChI=1S/C5H8N2O/c1-5(8)2-3-6-4-7-5/h2-4,8H,1H3,(H,6,7). The minimum atomic E-state index is -0.995. The molecular formula is C5H8N2O. The molecule has 0 amide bonds. The highest BCUT2D eigenvalue weighted by Crippen LogP contribution is 2.06. The van der Waals surface area contributed by atoms with Crippen molar-refractivity contribution in [2.45, 2.75) is 12.6 Å². The molecule has 0 spiro atoms. The molecular weight excluding hydrogens is 104 g/mol. The molecule has 3 nitrogen and oxygen atoms in total. The zero-order valence-corrected chi connectivity index (χ0v) is 4.63. The summed E-state index contributed by atoms with van der Waals surface area (Å²) >= 11 is 0. The highest BCUT2D eigenvalue weighted by molar-refractivity contribution is 5.58. The summed E-state index contributed by atoms with van der Waals surface area (Å²) in [5.74, 6) is 0. The predicted molar refractivity (Wildman–Crippen MR) is 31.4 cm³/mol. The molecule has 0 fully saturated rings. The van der Waals surface area contributed by atoms with Gasteiger partial charge in [0.25, 0.3) is 0 Å². The van der Waals surface area contributed by atoms with Crippen LogP contribution in [0.5, 0.6) is 0 Å². The molecule has 0 aliphatic carbocycles. The Hall–Kier alpha value is -0.830. The number of hydrogen-bond donors (Lipinski definition) is 2. The quantitative estimate of drug-likeness (QED) is 0.457. The Balaban J connectivity index is 2.69. The number of hydrogen-bond acceptors (Lipinski definition) is 3. The predicted octanol–water partition coefficient (Wildman–Crippen LogP) is -0.160. The van der Waals surface area contributed by atoms with Gasteiger partial charge in [-0.15, -0.1) is 0 Å². The van der Waals surface area contributed by atoms with Crippen LogP contribution in [0.4, 0.5) is 0 Å². The smallest absolute Gasteiger partial charge is 0.175 e. The Kier molecular flexibility index (Phi) is 1.06. The minimum Gasteiger partial charge on any atom is -0.366 e. The maximum absolute atomic E-state index is 9.05. The molecule has 1 rings (SSSR count). The topological polar surface area (TPSA) is 44.6 Å². The summed E-state index contributed by atoms with van der Waals surface area (Å²) in [6, 6.07) is 0. The average Bonchev–Trinajstić information content (AvgIpc) is 1.65. The number of aliphatic imine (C=N–C) groups is 1. The molecule has 1 unspecified atom stereocenters. The SMILES string of the molecule is CC1(O)C=CNC=N1. The number of aliphatic hydroxyl groups is 1. The van der Waals surface area contributed by atoms with E-state index in [9.17, 15) is 0 Å². The normalized spacial score (nSPS) is 34.8. The lowest BCUT2D eigenvalue weighted by atomic mass is 10.2. The largest absolute Gasteiger partial charge is 0.366 e. The second-order valence-electron chi connectivity index (χ2n) is 1.85. The molecule has 0 radical (unpaired) electrons. The summed E-state index contributed by atoms with van der Waals surface area (Å²) in [6.45, 7) is 1.61. The lowest BCUT2D eigenvalue weighted by Gasteiger charge is -2.14. The van der Waals surface area contributed by atoms with E-state index in [-0.39, 0.29) is 0 Å². The molecule has 1 aliphatic rings. The van der Waals surface area contributed by atoms with Gasteiger partial charge in [-0.25, -0.2) is 4.99 Å². The van der Waals surface area contributed by atoms with E-state index in [0.29, 0.717) is 0 Å². The first-order chi connectivity index (χ1) is 3.71. The molecule has 0 aromatic rings. The highest BCUT2D eigenvalue weighted by atomic mass is 16.3. The van der Waals surface area contributed by atoms with Crippen molar-refractivity contribution in [3.63, 3.8) is 0 Å². The first kappa shape index (κ1) is 5.31. The third-order valence-corrected chi connectivity index (χ3v) is 0.896. The van der Waals surface area contributed by atoms with Crippen molar-refractivity contribution in [2.24, 2.45) is 4.99 Å². The van der Waals surface area contributed by atoms with Gasteiger partial charge in [-0.1, -0.05) is 0 Å². The van der Waals surface area contributed by atoms with Crippen LogP contribution in [0.15, 0.2) is 17.3 Å². The van der Waals surface area contributed by atoms with Crippen LogP contribution in [0.3, 0.4) is 0 Å². The summed E-state index contributed by atoms with van der Waals surface area (Å²) in [4.78, 5) is 3.69. The third kappa shape index (κ3) is 1.07. The summed E-state index contributed by atoms with van der Waals surface area (Å²) in [6.07, 6.45) is 4.68. The lowest BCUT2D eigenvalue weighted by Crippen LogP contribution is -2.24. The Labute approximate surface area is 47.7 Å². The zero-order chi connectivity index (χ0) is 6.04. The Morgan fingerprint density at radius 1 is 1.75 bits per heavy atom. The van der Waals surface area contributed by atoms with Gasteiger partial charge in [-0.05, 0) is 13.0 Å². The van der Waals surface area contributed by atoms with Gasteiger partial charge in [-0.2, -0.15) is 0 Å². The molecule has 0 saturated carbocycles. The van der Waals surface area contributed by atoms with Gasteiger partial charge in [0.1, 0.15) is 0 Å². The van der Waals surface area contributed by atoms with Crippen LogP contribution in [0.2, 0.25) is 0 Å². The summed E-state index contributed by atoms with van der Waals surface area (Å²) in [7, 11) is 0. The van der Waals surface area contributed by atoms with Gasteiger partial charge in [-0.3, -0.25) is 0 Å². The first-order valence-electron chi connectivity index (χ1n) is 2.40. The molecule has 0 saturated heterocycles. The minimum absolute atomic E-state index is 0.995. The van der Waals surface area contributed by atoms with E-state index in [1.165, 1.54) is 6.34 Å². The van der Waals surface area contributed by atoms with Crippen LogP contribution < -0.4 is 5.32 Å². The fraction of sp³-hybridized carbons (Fsp3) is 0.400. The molecule has 2 N–H and O–H groups in total. The van der Waals surface area contributed by atoms with E-state index in [2.05, 4.69) is 10.3 Å². The van der Waals surface area contributed by atoms with Crippen LogP contribution in [-0.4, -0.2) is 17.2 Å². The van der Waals surface area contributed by atoms with Gasteiger partial charge in [0.2, 0.25) is 0 Å². The molecule has 0 aromatic heterocycles. The third-order valence-electron chi connectivity index (χ3n) is 0.896. The van der Waals surface area contributed by atoms with E-state index in [0.717, 1.165) is 0 Å². The maximum Gasteiger partial charge on any atom is 0.175 e. The molecule has 3 heteroatoms. The Morgan fingerprint density at radius 2 is 2.50 bits per heavy atom. The molecule has 0 aromatic carbocycles. The van der Waals surface area contributed by atoms with Crippen LogP contribution in [-0.2, 0) is 0 Å². The molecule has 8 heavy (non-hydrogen) atoms. The number of rotatable bonds is 0. The summed E-state index contributed by atoms with van der Waals surface area (Å²) in [5.41, 5.74) is -0.995. The second-order valence-corrected chi connectivity index (χ2v) is 1.85. The van der Waals surface area contributed by atoms with Gasteiger partial charge in [0.15, 0.2) is 5.72 Å². The van der Waals surface area contributed by atoms with Gasteiger partial charge in [0, 0.05) is 6.20 Å². The van der Waals surface area contributed by atoms with Crippen molar-refractivity contribution in [3.05, 3.63) is 12.3 Å². The maximum atomic E-state index is 9.05. The molecule has 0 bridgehead atoms. The second kappa shape index (κ2) is 1.59. The number of nitrogens with one attached hydrogen (secondary N) is 1. The zero-order valence-electron chi connectivity index (χ0n) is 4.63. The highest BCUT2D eigenvalue weighted by Gasteiger charge is 2.13. The van der Waals surface area contributed by atoms with Crippen molar-refractivity contribution in [3.8, 4) is 0 Å². The monoisotopic (exact) mass is 112 g/mol.